The SMILES string of the molecule is CC[C@H](C(=O)Nc1ccc(OC)c(Cl)c1)N(c1ccc(F)c(Cl)c1)S(C)(=O)=O. The topological polar surface area (TPSA) is 75.7 Å². The van der Waals surface area contributed by atoms with Crippen molar-refractivity contribution in [1.82, 2.24) is 0 Å². The number of nitrogens with one attached hydrogen (secondary N) is 1. The first-order valence-corrected chi connectivity index (χ1v) is 10.8. The molecule has 2 aromatic carbocycles. The van der Waals surface area contributed by atoms with Crippen LogP contribution in [0.15, 0.2) is 36.4 Å². The standard InChI is InChI=1S/C18H19Cl2FN2O4S/c1-4-16(18(24)22-11-5-8-17(27-2)14(20)9-11)23(28(3,25)26)12-6-7-15(21)13(19)10-12/h5-10,16H,4H2,1-3H3,(H,22,24)/t16-/m1/s1. The summed E-state index contributed by atoms with van der Waals surface area (Å²) >= 11 is 11.8. The van der Waals surface area contributed by atoms with Crippen LogP contribution in [0.3, 0.4) is 0 Å². The zero-order chi connectivity index (χ0) is 21.1. The molecule has 0 saturated heterocycles. The summed E-state index contributed by atoms with van der Waals surface area (Å²) < 4.78 is 44.2. The van der Waals surface area contributed by atoms with Crippen molar-refractivity contribution in [3.8, 4) is 5.75 Å². The highest BCUT2D eigenvalue weighted by atomic mass is 35.5. The van der Waals surface area contributed by atoms with Gasteiger partial charge in [-0.25, -0.2) is 12.8 Å². The molecule has 1 N–H and O–H groups in total. The predicted octanol–water partition coefficient (Wildman–Crippen LogP) is 4.32. The molecule has 28 heavy (non-hydrogen) atoms. The van der Waals surface area contributed by atoms with Crippen LogP contribution in [0.1, 0.15) is 13.3 Å². The second-order valence-electron chi connectivity index (χ2n) is 5.92. The first kappa shape index (κ1) is 22.3. The van der Waals surface area contributed by atoms with Crippen molar-refractivity contribution in [2.24, 2.45) is 0 Å². The molecule has 1 amide bonds. The van der Waals surface area contributed by atoms with Crippen LogP contribution in [0.4, 0.5) is 15.8 Å². The van der Waals surface area contributed by atoms with Gasteiger partial charge >= 0.3 is 0 Å². The summed E-state index contributed by atoms with van der Waals surface area (Å²) in [6.07, 6.45) is 1.13. The minimum atomic E-state index is -3.87. The third-order valence-electron chi connectivity index (χ3n) is 3.91. The minimum absolute atomic E-state index is 0.0867. The first-order chi connectivity index (χ1) is 13.1. The Hall–Kier alpha value is -2.03. The van der Waals surface area contributed by atoms with E-state index in [1.807, 2.05) is 0 Å². The summed E-state index contributed by atoms with van der Waals surface area (Å²) in [4.78, 5) is 12.8. The van der Waals surface area contributed by atoms with Crippen LogP contribution in [0.25, 0.3) is 0 Å². The number of carbonyl (C=O) groups excluding carboxylic acids is 1. The molecular weight excluding hydrogens is 430 g/mol. The molecule has 152 valence electrons. The fourth-order valence-electron chi connectivity index (χ4n) is 2.65. The summed E-state index contributed by atoms with van der Waals surface area (Å²) in [6, 6.07) is 7.02. The van der Waals surface area contributed by atoms with Crippen LogP contribution < -0.4 is 14.4 Å². The number of benzene rings is 2. The van der Waals surface area contributed by atoms with Crippen LogP contribution in [0.2, 0.25) is 10.0 Å². The zero-order valence-corrected chi connectivity index (χ0v) is 17.7. The van der Waals surface area contributed by atoms with E-state index in [1.54, 1.807) is 19.1 Å². The molecule has 10 heteroatoms. The predicted molar refractivity (Wildman–Crippen MR) is 109 cm³/mol. The Kier molecular flexibility index (Phi) is 7.14. The van der Waals surface area contributed by atoms with E-state index in [1.165, 1.54) is 19.2 Å². The summed E-state index contributed by atoms with van der Waals surface area (Å²) in [5, 5.41) is 2.68. The highest BCUT2D eigenvalue weighted by Gasteiger charge is 2.32. The van der Waals surface area contributed by atoms with Gasteiger partial charge in [-0.1, -0.05) is 30.1 Å². The highest BCUT2D eigenvalue weighted by molar-refractivity contribution is 7.92. The number of nitrogens with zero attached hydrogens (tertiary/aromatic N) is 1. The van der Waals surface area contributed by atoms with E-state index >= 15 is 0 Å². The van der Waals surface area contributed by atoms with Crippen LogP contribution >= 0.6 is 23.2 Å². The number of anilines is 2. The van der Waals surface area contributed by atoms with E-state index < -0.39 is 27.8 Å². The van der Waals surface area contributed by atoms with E-state index in [-0.39, 0.29) is 17.1 Å². The Labute approximate surface area is 173 Å². The number of halogens is 3. The quantitative estimate of drug-likeness (QED) is 0.683. The number of carbonyl (C=O) groups is 1. The van der Waals surface area contributed by atoms with Gasteiger partial charge in [0.15, 0.2) is 0 Å². The van der Waals surface area contributed by atoms with Crippen molar-refractivity contribution in [2.45, 2.75) is 19.4 Å². The van der Waals surface area contributed by atoms with E-state index in [4.69, 9.17) is 27.9 Å². The fourth-order valence-corrected chi connectivity index (χ4v) is 4.29. The summed E-state index contributed by atoms with van der Waals surface area (Å²) in [7, 11) is -2.41. The van der Waals surface area contributed by atoms with E-state index in [2.05, 4.69) is 5.32 Å². The van der Waals surface area contributed by atoms with Gasteiger partial charge in [0.05, 0.1) is 29.1 Å². The van der Waals surface area contributed by atoms with Crippen molar-refractivity contribution < 1.29 is 22.3 Å². The Morgan fingerprint density at radius 2 is 1.89 bits per heavy atom. The lowest BCUT2D eigenvalue weighted by Gasteiger charge is -2.30. The van der Waals surface area contributed by atoms with Gasteiger partial charge in [-0.3, -0.25) is 9.10 Å². The third-order valence-corrected chi connectivity index (χ3v) is 5.67. The van der Waals surface area contributed by atoms with E-state index in [0.29, 0.717) is 16.5 Å². The second-order valence-corrected chi connectivity index (χ2v) is 8.59. The Morgan fingerprint density at radius 3 is 2.39 bits per heavy atom. The molecule has 0 bridgehead atoms. The smallest absolute Gasteiger partial charge is 0.248 e. The molecule has 6 nitrogen and oxygen atoms in total. The number of sulfonamides is 1. The average Bonchev–Trinajstić information content (AvgIpc) is 2.61. The third kappa shape index (κ3) is 5.06. The van der Waals surface area contributed by atoms with Crippen molar-refractivity contribution in [3.63, 3.8) is 0 Å². The maximum absolute atomic E-state index is 13.5. The second kappa shape index (κ2) is 8.98. The van der Waals surface area contributed by atoms with Gasteiger partial charge in [0.2, 0.25) is 15.9 Å². The van der Waals surface area contributed by atoms with Crippen LogP contribution in [-0.4, -0.2) is 33.7 Å². The summed E-state index contributed by atoms with van der Waals surface area (Å²) in [6.45, 7) is 1.66. The molecule has 0 heterocycles. The monoisotopic (exact) mass is 448 g/mol. The van der Waals surface area contributed by atoms with Crippen molar-refractivity contribution >= 4 is 50.5 Å². The number of ether oxygens (including phenoxy) is 1. The Balaban J connectivity index is 2.38. The van der Waals surface area contributed by atoms with Gasteiger partial charge in [-0.2, -0.15) is 0 Å². The van der Waals surface area contributed by atoms with Gasteiger partial charge in [-0.15, -0.1) is 0 Å². The molecule has 0 radical (unpaired) electrons. The molecule has 0 aliphatic carbocycles. The lowest BCUT2D eigenvalue weighted by Crippen LogP contribution is -2.47. The normalized spacial score (nSPS) is 12.4. The minimum Gasteiger partial charge on any atom is -0.495 e. The largest absolute Gasteiger partial charge is 0.495 e. The molecule has 0 aliphatic heterocycles. The van der Waals surface area contributed by atoms with Crippen molar-refractivity contribution in [1.29, 1.82) is 0 Å². The van der Waals surface area contributed by atoms with E-state index in [0.717, 1.165) is 22.7 Å². The molecule has 2 aromatic rings. The molecule has 0 aromatic heterocycles. The average molecular weight is 449 g/mol. The molecule has 2 rings (SSSR count). The van der Waals surface area contributed by atoms with Crippen molar-refractivity contribution in [2.75, 3.05) is 23.0 Å². The fraction of sp³-hybridized carbons (Fsp3) is 0.278. The van der Waals surface area contributed by atoms with Gasteiger partial charge in [0.25, 0.3) is 0 Å². The first-order valence-electron chi connectivity index (χ1n) is 8.17. The number of hydrogen-bond acceptors (Lipinski definition) is 4. The maximum Gasteiger partial charge on any atom is 0.248 e. The highest BCUT2D eigenvalue weighted by Crippen LogP contribution is 2.29. The van der Waals surface area contributed by atoms with Gasteiger partial charge in [-0.05, 0) is 42.8 Å². The Morgan fingerprint density at radius 1 is 1.21 bits per heavy atom. The molecule has 0 fully saturated rings. The lowest BCUT2D eigenvalue weighted by atomic mass is 10.1. The van der Waals surface area contributed by atoms with Crippen molar-refractivity contribution in [3.05, 3.63) is 52.3 Å². The Bertz CT molecular complexity index is 986. The summed E-state index contributed by atoms with van der Waals surface area (Å²) in [5.74, 6) is -0.829. The number of methoxy groups -OCH3 is 1. The van der Waals surface area contributed by atoms with Gasteiger partial charge in [0.1, 0.15) is 17.6 Å². The molecule has 0 aliphatic rings. The number of amides is 1. The zero-order valence-electron chi connectivity index (χ0n) is 15.4. The number of hydrogen-bond donors (Lipinski definition) is 1. The lowest BCUT2D eigenvalue weighted by molar-refractivity contribution is -0.117. The molecule has 0 spiro atoms. The van der Waals surface area contributed by atoms with Gasteiger partial charge < -0.3 is 10.1 Å². The van der Waals surface area contributed by atoms with E-state index in [9.17, 15) is 17.6 Å². The molecule has 0 saturated carbocycles. The van der Waals surface area contributed by atoms with Crippen LogP contribution in [0.5, 0.6) is 5.75 Å². The maximum atomic E-state index is 13.5. The molecular formula is C18H19Cl2FN2O4S. The number of rotatable bonds is 7. The molecule has 0 unspecified atom stereocenters. The van der Waals surface area contributed by atoms with Crippen LogP contribution in [0, 0.1) is 5.82 Å². The molecule has 1 atom stereocenters. The van der Waals surface area contributed by atoms with Gasteiger partial charge in [0, 0.05) is 5.69 Å². The van der Waals surface area contributed by atoms with Crippen LogP contribution in [-0.2, 0) is 14.8 Å². The summed E-state index contributed by atoms with van der Waals surface area (Å²) in [5.41, 5.74) is 0.462.